The van der Waals surface area contributed by atoms with Gasteiger partial charge in [0.25, 0.3) is 0 Å². The zero-order valence-corrected chi connectivity index (χ0v) is 18.3. The van der Waals surface area contributed by atoms with E-state index in [1.54, 1.807) is 19.9 Å². The van der Waals surface area contributed by atoms with E-state index in [9.17, 15) is 24.3 Å². The third-order valence-electron chi connectivity index (χ3n) is 4.07. The molecule has 10 heteroatoms. The largest absolute Gasteiger partial charge is 0.508 e. The van der Waals surface area contributed by atoms with Gasteiger partial charge in [0.1, 0.15) is 18.2 Å². The second kappa shape index (κ2) is 12.5. The molecule has 0 saturated carbocycles. The van der Waals surface area contributed by atoms with E-state index in [4.69, 9.17) is 18.9 Å². The first kappa shape index (κ1) is 25.9. The number of hydrogen-bond donors (Lipinski definition) is 2. The van der Waals surface area contributed by atoms with Gasteiger partial charge in [0.05, 0.1) is 0 Å². The van der Waals surface area contributed by atoms with Crippen molar-refractivity contribution in [3.05, 3.63) is 23.8 Å². The third kappa shape index (κ3) is 9.94. The van der Waals surface area contributed by atoms with Gasteiger partial charge in [0, 0.05) is 20.4 Å². The molecule has 0 aliphatic rings. The number of carboxylic acid groups (broad SMARTS) is 1. The molecule has 0 saturated heterocycles. The van der Waals surface area contributed by atoms with Crippen molar-refractivity contribution >= 4 is 24.1 Å². The van der Waals surface area contributed by atoms with Gasteiger partial charge < -0.3 is 29.4 Å². The number of carbonyl (C=O) groups is 4. The van der Waals surface area contributed by atoms with Crippen molar-refractivity contribution in [2.75, 3.05) is 6.54 Å². The lowest BCUT2D eigenvalue weighted by Crippen LogP contribution is -2.42. The molecule has 0 aliphatic carbocycles. The van der Waals surface area contributed by atoms with E-state index in [2.05, 4.69) is 5.32 Å². The summed E-state index contributed by atoms with van der Waals surface area (Å²) in [5.74, 6) is -2.27. The van der Waals surface area contributed by atoms with Crippen LogP contribution in [-0.4, -0.2) is 54.0 Å². The van der Waals surface area contributed by atoms with Crippen molar-refractivity contribution in [1.82, 2.24) is 5.32 Å². The van der Waals surface area contributed by atoms with Gasteiger partial charge in [0.2, 0.25) is 0 Å². The van der Waals surface area contributed by atoms with E-state index < -0.39 is 36.2 Å². The molecule has 172 valence electrons. The Hall–Kier alpha value is -3.14. The maximum absolute atomic E-state index is 11.7. The molecular weight excluding hydrogens is 410 g/mol. The van der Waals surface area contributed by atoms with Gasteiger partial charge in [0.15, 0.2) is 11.5 Å². The van der Waals surface area contributed by atoms with Crippen LogP contribution in [-0.2, 0) is 30.3 Å². The first-order chi connectivity index (χ1) is 14.5. The van der Waals surface area contributed by atoms with Crippen LogP contribution in [0.15, 0.2) is 18.2 Å². The molecule has 10 nitrogen and oxygen atoms in total. The van der Waals surface area contributed by atoms with Crippen LogP contribution >= 0.6 is 0 Å². The molecule has 0 fully saturated rings. The zero-order chi connectivity index (χ0) is 23.6. The molecule has 1 rings (SSSR count). The minimum Gasteiger partial charge on any atom is -0.480 e. The molecule has 0 spiro atoms. The number of hydrogen-bond acceptors (Lipinski definition) is 9. The first-order valence-electron chi connectivity index (χ1n) is 9.85. The van der Waals surface area contributed by atoms with Gasteiger partial charge >= 0.3 is 24.1 Å². The van der Waals surface area contributed by atoms with Crippen molar-refractivity contribution in [3.63, 3.8) is 0 Å². The van der Waals surface area contributed by atoms with Crippen LogP contribution in [0.2, 0.25) is 0 Å². The van der Waals surface area contributed by atoms with Gasteiger partial charge in [-0.25, -0.2) is 4.79 Å². The quantitative estimate of drug-likeness (QED) is 0.390. The lowest BCUT2D eigenvalue weighted by molar-refractivity contribution is -0.139. The van der Waals surface area contributed by atoms with Gasteiger partial charge in [-0.2, -0.15) is 0 Å². The first-order valence-corrected chi connectivity index (χ1v) is 9.85. The van der Waals surface area contributed by atoms with Gasteiger partial charge in [-0.3, -0.25) is 14.4 Å². The monoisotopic (exact) mass is 439 g/mol. The Bertz CT molecular complexity index is 793. The number of carbonyl (C=O) groups excluding carboxylic acids is 3. The van der Waals surface area contributed by atoms with Gasteiger partial charge in [-0.05, 0) is 44.4 Å². The van der Waals surface area contributed by atoms with Crippen LogP contribution in [0.25, 0.3) is 0 Å². The molecule has 1 aromatic rings. The molecule has 3 atom stereocenters. The third-order valence-corrected chi connectivity index (χ3v) is 4.07. The molecule has 1 aromatic carbocycles. The van der Waals surface area contributed by atoms with E-state index in [0.717, 1.165) is 0 Å². The van der Waals surface area contributed by atoms with E-state index in [1.165, 1.54) is 26.0 Å². The van der Waals surface area contributed by atoms with Crippen molar-refractivity contribution in [1.29, 1.82) is 0 Å². The van der Waals surface area contributed by atoms with Crippen molar-refractivity contribution in [2.45, 2.75) is 65.7 Å². The molecular formula is C21H29NO9. The van der Waals surface area contributed by atoms with E-state index in [1.807, 2.05) is 6.92 Å². The highest BCUT2D eigenvalue weighted by Gasteiger charge is 2.21. The predicted molar refractivity (Wildman–Crippen MR) is 109 cm³/mol. The molecule has 0 radical (unpaired) electrons. The van der Waals surface area contributed by atoms with Crippen molar-refractivity contribution in [3.8, 4) is 11.5 Å². The fourth-order valence-corrected chi connectivity index (χ4v) is 2.43. The molecule has 0 aliphatic heterocycles. The molecule has 0 bridgehead atoms. The number of esters is 2. The Morgan fingerprint density at radius 2 is 1.55 bits per heavy atom. The van der Waals surface area contributed by atoms with Crippen LogP contribution in [0.4, 0.5) is 4.79 Å². The zero-order valence-electron chi connectivity index (χ0n) is 18.3. The standard InChI is InChI=1S/C21H29NO9/c1-6-12(2)28-21(27)29-13(3)11-22-17(20(25)26)9-16-7-8-18(30-14(4)23)19(10-16)31-15(5)24/h7-8,10,12-13,17,22H,6,9,11H2,1-5H3,(H,25,26)/t12?,13?,17-/m0/s1. The Kier molecular flexibility index (Phi) is 10.5. The summed E-state index contributed by atoms with van der Waals surface area (Å²) in [7, 11) is 0. The summed E-state index contributed by atoms with van der Waals surface area (Å²) in [5.41, 5.74) is 0.525. The Balaban J connectivity index is 2.79. The number of aliphatic carboxylic acids is 1. The highest BCUT2D eigenvalue weighted by atomic mass is 16.7. The predicted octanol–water partition coefficient (Wildman–Crippen LogP) is 2.46. The minimum absolute atomic E-state index is 0.00818. The molecule has 2 unspecified atom stereocenters. The summed E-state index contributed by atoms with van der Waals surface area (Å²) in [6.07, 6.45) is -1.03. The van der Waals surface area contributed by atoms with Crippen LogP contribution in [0.5, 0.6) is 11.5 Å². The fraction of sp³-hybridized carbons (Fsp3) is 0.524. The average molecular weight is 439 g/mol. The smallest absolute Gasteiger partial charge is 0.480 e. The SMILES string of the molecule is CCC(C)OC(=O)OC(C)CN[C@@H](Cc1ccc(OC(C)=O)c(OC(C)=O)c1)C(=O)O. The molecule has 0 aromatic heterocycles. The van der Waals surface area contributed by atoms with Crippen molar-refractivity contribution < 1.29 is 43.2 Å². The van der Waals surface area contributed by atoms with Crippen LogP contribution in [0.3, 0.4) is 0 Å². The van der Waals surface area contributed by atoms with Gasteiger partial charge in [-0.1, -0.05) is 13.0 Å². The second-order valence-electron chi connectivity index (χ2n) is 6.99. The summed E-state index contributed by atoms with van der Waals surface area (Å²) in [5, 5.41) is 12.3. The van der Waals surface area contributed by atoms with Crippen LogP contribution in [0, 0.1) is 0 Å². The van der Waals surface area contributed by atoms with E-state index >= 15 is 0 Å². The second-order valence-corrected chi connectivity index (χ2v) is 6.99. The average Bonchev–Trinajstić information content (AvgIpc) is 2.65. The van der Waals surface area contributed by atoms with Crippen LogP contribution in [0.1, 0.15) is 46.6 Å². The summed E-state index contributed by atoms with van der Waals surface area (Å²) < 4.78 is 20.2. The number of ether oxygens (including phenoxy) is 4. The Morgan fingerprint density at radius 3 is 2.10 bits per heavy atom. The fourth-order valence-electron chi connectivity index (χ4n) is 2.43. The minimum atomic E-state index is -1.12. The molecule has 0 amide bonds. The lowest BCUT2D eigenvalue weighted by Gasteiger charge is -2.20. The van der Waals surface area contributed by atoms with E-state index in [-0.39, 0.29) is 30.6 Å². The van der Waals surface area contributed by atoms with Crippen molar-refractivity contribution in [2.24, 2.45) is 0 Å². The number of carboxylic acids is 1. The molecule has 0 heterocycles. The highest BCUT2D eigenvalue weighted by Crippen LogP contribution is 2.29. The maximum atomic E-state index is 11.7. The molecule has 2 N–H and O–H groups in total. The van der Waals surface area contributed by atoms with Crippen LogP contribution < -0.4 is 14.8 Å². The summed E-state index contributed by atoms with van der Waals surface area (Å²) >= 11 is 0. The van der Waals surface area contributed by atoms with Gasteiger partial charge in [-0.15, -0.1) is 0 Å². The highest BCUT2D eigenvalue weighted by molar-refractivity contribution is 5.75. The summed E-state index contributed by atoms with van der Waals surface area (Å²) in [6.45, 7) is 7.69. The summed E-state index contributed by atoms with van der Waals surface area (Å²) in [4.78, 5) is 45.8. The van der Waals surface area contributed by atoms with E-state index in [0.29, 0.717) is 12.0 Å². The lowest BCUT2D eigenvalue weighted by atomic mass is 10.0. The topological polar surface area (TPSA) is 137 Å². The number of benzene rings is 1. The molecule has 31 heavy (non-hydrogen) atoms. The number of rotatable bonds is 11. The maximum Gasteiger partial charge on any atom is 0.508 e. The number of nitrogens with one attached hydrogen (secondary N) is 1. The summed E-state index contributed by atoms with van der Waals surface area (Å²) in [6, 6.07) is 3.40. The Labute approximate surface area is 180 Å². The normalized spacial score (nSPS) is 13.5. The Morgan fingerprint density at radius 1 is 0.968 bits per heavy atom.